The van der Waals surface area contributed by atoms with Crippen LogP contribution in [-0.4, -0.2) is 127 Å². The first-order chi connectivity index (χ1) is 59.8. The summed E-state index contributed by atoms with van der Waals surface area (Å²) < 4.78 is 47.9. The van der Waals surface area contributed by atoms with Crippen LogP contribution >= 0.6 is 0 Å². The summed E-state index contributed by atoms with van der Waals surface area (Å²) in [6.07, 6.45) is -8.57. The third-order valence-corrected chi connectivity index (χ3v) is 21.0. The topological polar surface area (TPSA) is 384 Å². The summed E-state index contributed by atoms with van der Waals surface area (Å²) in [7, 11) is 0. The SMILES string of the molecule is CC(C)c1c(C(=O)Nc2ccc(O)cc2)c(-c2ccccc2)c(-c2ccc(F)cc2)n1CC[C@@H](O)C[C@@H](O)CC(=O)[O-].CC(C)c1c(C(=O)Nc2ccccc2)c(-c2ccccc2)c(-c2ccc(F)cc2)n1CC[C@@H](O)C[C@@H](O)CC(=O)[O-].CC(C)c1c(C(=O)Nc2ccccc2O)c(-c2ccccc2)c(-c2ccc(F)cc2)n1CC[C@@H](O)C[C@@H](O)CC(=O)[O-]. The number of amides is 3. The number of hydrogen-bond acceptors (Lipinski definition) is 17. The Morgan fingerprint density at radius 2 is 0.584 bits per heavy atom. The van der Waals surface area contributed by atoms with Gasteiger partial charge >= 0.3 is 0 Å². The van der Waals surface area contributed by atoms with Crippen molar-refractivity contribution in [3.63, 3.8) is 0 Å². The van der Waals surface area contributed by atoms with Crippen LogP contribution in [0.25, 0.3) is 67.2 Å². The molecule has 0 radical (unpaired) electrons. The number of halogens is 3. The zero-order chi connectivity index (χ0) is 90.3. The lowest BCUT2D eigenvalue weighted by molar-refractivity contribution is -0.309. The quantitative estimate of drug-likeness (QED) is 0.0128. The van der Waals surface area contributed by atoms with E-state index >= 15 is 0 Å². The van der Waals surface area contributed by atoms with Crippen LogP contribution in [0, 0.1) is 17.5 Å². The minimum absolute atomic E-state index is 0.0638. The molecule has 0 bridgehead atoms. The molecule has 9 aromatic carbocycles. The van der Waals surface area contributed by atoms with Crippen LogP contribution in [0.5, 0.6) is 11.5 Å². The molecule has 12 rings (SSSR count). The molecular formula is C99H102F3N6O17-3. The second kappa shape index (κ2) is 44.2. The molecule has 0 saturated carbocycles. The molecule has 3 heterocycles. The molecule has 6 atom stereocenters. The van der Waals surface area contributed by atoms with Crippen molar-refractivity contribution in [2.24, 2.45) is 0 Å². The highest BCUT2D eigenvalue weighted by Crippen LogP contribution is 2.47. The number of anilines is 3. The molecule has 3 amide bonds. The Bertz CT molecular complexity index is 5610. The molecule has 0 fully saturated rings. The summed E-state index contributed by atoms with van der Waals surface area (Å²) in [6, 6.07) is 67.8. The van der Waals surface area contributed by atoms with E-state index in [0.29, 0.717) is 89.9 Å². The van der Waals surface area contributed by atoms with E-state index in [9.17, 15) is 98.1 Å². The summed E-state index contributed by atoms with van der Waals surface area (Å²) in [6.45, 7) is 12.4. The lowest BCUT2D eigenvalue weighted by atomic mass is 9.94. The molecule has 12 aromatic rings. The number of aliphatic hydroxyl groups excluding tert-OH is 6. The maximum absolute atomic E-state index is 14.1. The van der Waals surface area contributed by atoms with Gasteiger partial charge in [-0.05, 0) is 211 Å². The summed E-state index contributed by atoms with van der Waals surface area (Å²) in [5.41, 5.74) is 12.9. The number of nitrogens with zero attached hydrogens (tertiary/aromatic N) is 3. The highest BCUT2D eigenvalue weighted by molar-refractivity contribution is 6.15. The molecule has 0 aliphatic carbocycles. The van der Waals surface area contributed by atoms with Crippen LogP contribution < -0.4 is 31.3 Å². The molecule has 0 aliphatic heterocycles. The first-order valence-corrected chi connectivity index (χ1v) is 41.2. The van der Waals surface area contributed by atoms with E-state index in [-0.39, 0.29) is 105 Å². The minimum Gasteiger partial charge on any atom is -0.550 e. The molecule has 125 heavy (non-hydrogen) atoms. The fourth-order valence-corrected chi connectivity index (χ4v) is 15.7. The van der Waals surface area contributed by atoms with Gasteiger partial charge in [0.25, 0.3) is 17.7 Å². The van der Waals surface area contributed by atoms with E-state index in [0.717, 1.165) is 22.4 Å². The lowest BCUT2D eigenvalue weighted by Crippen LogP contribution is -2.29. The number of aliphatic carboxylic acids is 3. The molecule has 0 unspecified atom stereocenters. The van der Waals surface area contributed by atoms with Gasteiger partial charge in [-0.1, -0.05) is 163 Å². The Kier molecular flexibility index (Phi) is 33.3. The Balaban J connectivity index is 0.000000196. The van der Waals surface area contributed by atoms with Gasteiger partial charge in [-0.15, -0.1) is 0 Å². The van der Waals surface area contributed by atoms with Crippen molar-refractivity contribution in [1.29, 1.82) is 0 Å². The minimum atomic E-state index is -1.41. The van der Waals surface area contributed by atoms with E-state index < -0.39 is 97.2 Å². The van der Waals surface area contributed by atoms with Gasteiger partial charge in [-0.3, -0.25) is 14.4 Å². The number of nitrogens with one attached hydrogen (secondary N) is 3. The third-order valence-electron chi connectivity index (χ3n) is 21.0. The summed E-state index contributed by atoms with van der Waals surface area (Å²) >= 11 is 0. The summed E-state index contributed by atoms with van der Waals surface area (Å²) in [5, 5.41) is 124. The van der Waals surface area contributed by atoms with Gasteiger partial charge in [0.1, 0.15) is 29.0 Å². The van der Waals surface area contributed by atoms with Crippen molar-refractivity contribution >= 4 is 52.7 Å². The fraction of sp³-hybridized carbons (Fsp3) is 0.273. The first kappa shape index (κ1) is 94.0. The van der Waals surface area contributed by atoms with Crippen molar-refractivity contribution in [1.82, 2.24) is 13.7 Å². The second-order valence-corrected chi connectivity index (χ2v) is 31.5. The number of carboxylic acids is 3. The van der Waals surface area contributed by atoms with E-state index in [4.69, 9.17) is 0 Å². The summed E-state index contributed by atoms with van der Waals surface area (Å²) in [4.78, 5) is 74.8. The normalized spacial score (nSPS) is 12.7. The molecule has 11 N–H and O–H groups in total. The summed E-state index contributed by atoms with van der Waals surface area (Å²) in [5.74, 6) is -7.06. The van der Waals surface area contributed by atoms with Gasteiger partial charge < -0.3 is 100 Å². The van der Waals surface area contributed by atoms with E-state index in [1.54, 1.807) is 78.9 Å². The number of hydrogen-bond donors (Lipinski definition) is 11. The van der Waals surface area contributed by atoms with Crippen molar-refractivity contribution in [2.45, 2.75) is 173 Å². The number of carbonyl (C=O) groups excluding carboxylic acids is 6. The molecule has 23 nitrogen and oxygen atoms in total. The van der Waals surface area contributed by atoms with Crippen LogP contribution in [-0.2, 0) is 34.0 Å². The average Bonchev–Trinajstić information content (AvgIpc) is 1.60. The number of phenolic OH excluding ortho intramolecular Hbond substituents is 2. The maximum atomic E-state index is 14.1. The highest BCUT2D eigenvalue weighted by Gasteiger charge is 2.36. The Hall–Kier alpha value is -13.2. The number of benzene rings is 9. The van der Waals surface area contributed by atoms with Gasteiger partial charge in [0.15, 0.2) is 0 Å². The zero-order valence-corrected chi connectivity index (χ0v) is 70.0. The number of para-hydroxylation sites is 3. The molecule has 0 aliphatic rings. The predicted octanol–water partition coefficient (Wildman–Crippen LogP) is 14.3. The molecule has 654 valence electrons. The van der Waals surface area contributed by atoms with Crippen LogP contribution in [0.2, 0.25) is 0 Å². The van der Waals surface area contributed by atoms with Gasteiger partial charge in [0.05, 0.1) is 76.1 Å². The van der Waals surface area contributed by atoms with E-state index in [1.807, 2.05) is 164 Å². The van der Waals surface area contributed by atoms with E-state index in [2.05, 4.69) is 16.0 Å². The molecular weight excluding hydrogens is 1600 g/mol. The monoisotopic (exact) mass is 1700 g/mol. The van der Waals surface area contributed by atoms with Gasteiger partial charge in [0, 0.05) is 102 Å². The van der Waals surface area contributed by atoms with Crippen LogP contribution in [0.4, 0.5) is 30.2 Å². The van der Waals surface area contributed by atoms with Crippen LogP contribution in [0.1, 0.15) is 165 Å². The molecule has 0 spiro atoms. The van der Waals surface area contributed by atoms with Crippen molar-refractivity contribution < 1.29 is 98.1 Å². The molecule has 0 saturated heterocycles. The number of aromatic hydroxyl groups is 2. The van der Waals surface area contributed by atoms with Gasteiger partial charge in [-0.25, -0.2) is 13.2 Å². The van der Waals surface area contributed by atoms with Crippen molar-refractivity contribution in [3.05, 3.63) is 294 Å². The van der Waals surface area contributed by atoms with Crippen molar-refractivity contribution in [3.8, 4) is 78.7 Å². The highest BCUT2D eigenvalue weighted by atomic mass is 19.1. The average molecular weight is 1700 g/mol. The van der Waals surface area contributed by atoms with Crippen molar-refractivity contribution in [2.75, 3.05) is 16.0 Å². The molecule has 26 heteroatoms. The Morgan fingerprint density at radius 3 is 0.864 bits per heavy atom. The van der Waals surface area contributed by atoms with Gasteiger partial charge in [0.2, 0.25) is 0 Å². The van der Waals surface area contributed by atoms with Gasteiger partial charge in [-0.2, -0.15) is 0 Å². The predicted molar refractivity (Wildman–Crippen MR) is 467 cm³/mol. The standard InChI is InChI=1S/2C33H35FN2O6.C33H35FN2O5/c1-20(2)31-30(33(42)35-26-10-6-7-11-27(26)39)29(21-8-4-3-5-9-21)32(22-12-14-23(34)15-13-22)36(31)17-16-24(37)18-25(38)19-28(40)41;1-20(2)31-30(33(42)35-24-12-14-25(37)15-13-24)29(21-6-4-3-5-7-21)32(22-8-10-23(34)11-9-22)36(31)17-16-26(38)18-27(39)19-28(40)41;1-21(2)31-30(33(41)35-25-11-7-4-8-12-25)29(22-9-5-3-6-10-22)32(23-13-15-24(34)16-14-23)36(31)18-17-26(37)19-27(38)20-28(39)40/h3-15,20,24-25,37-39H,16-19H2,1-2H3,(H,35,42)(H,40,41);3-15,20,26-27,37-39H,16-19H2,1-2H3,(H,35,42)(H,40,41);3-16,21,26-27,37-38H,17-20H2,1-2H3,(H,35,41)(H,39,40)/p-3/t24-,25-;2*26-,27-/m111/s1. The largest absolute Gasteiger partial charge is 0.550 e. The molecule has 3 aromatic heterocycles. The third kappa shape index (κ3) is 25.0. The number of carbonyl (C=O) groups is 6. The second-order valence-electron chi connectivity index (χ2n) is 31.5. The fourth-order valence-electron chi connectivity index (χ4n) is 15.7. The Labute approximate surface area is 722 Å². The van der Waals surface area contributed by atoms with Crippen LogP contribution in [0.3, 0.4) is 0 Å². The Morgan fingerprint density at radius 1 is 0.320 bits per heavy atom. The van der Waals surface area contributed by atoms with Crippen LogP contribution in [0.15, 0.2) is 243 Å². The van der Waals surface area contributed by atoms with E-state index in [1.165, 1.54) is 54.6 Å². The zero-order valence-electron chi connectivity index (χ0n) is 70.0. The number of aromatic nitrogens is 3. The maximum Gasteiger partial charge on any atom is 0.258 e. The number of carboxylic acid groups (broad SMARTS) is 3. The number of rotatable bonds is 36. The lowest BCUT2D eigenvalue weighted by Gasteiger charge is -2.20. The first-order valence-electron chi connectivity index (χ1n) is 41.2. The smallest absolute Gasteiger partial charge is 0.258 e. The number of phenols is 2. The number of aliphatic hydroxyl groups is 6.